The number of methoxy groups -OCH3 is 1. The Kier molecular flexibility index (Phi) is 6.97. The Morgan fingerprint density at radius 3 is 2.33 bits per heavy atom. The summed E-state index contributed by atoms with van der Waals surface area (Å²) in [6.07, 6.45) is 1.26. The molecule has 2 aromatic carbocycles. The third-order valence-corrected chi connectivity index (χ3v) is 5.55. The first-order valence-electron chi connectivity index (χ1n) is 8.06. The van der Waals surface area contributed by atoms with Crippen LogP contribution in [0.5, 0.6) is 5.75 Å². The van der Waals surface area contributed by atoms with Crippen LogP contribution < -0.4 is 14.4 Å². The van der Waals surface area contributed by atoms with E-state index in [4.69, 9.17) is 27.9 Å². The number of carbonyl (C=O) groups excluding carboxylic acids is 1. The SMILES string of the molecule is CC[C@@H](C(=O)Nc1ccc(OC)cc1)N(c1cc(Cl)ccc1Cl)S(C)(=O)=O. The maximum absolute atomic E-state index is 12.8. The van der Waals surface area contributed by atoms with Gasteiger partial charge in [-0.1, -0.05) is 30.1 Å². The first-order chi connectivity index (χ1) is 12.7. The molecule has 27 heavy (non-hydrogen) atoms. The molecule has 0 unspecified atom stereocenters. The lowest BCUT2D eigenvalue weighted by Crippen LogP contribution is -2.47. The molecule has 146 valence electrons. The van der Waals surface area contributed by atoms with Crippen LogP contribution in [0, 0.1) is 0 Å². The molecule has 0 saturated carbocycles. The highest BCUT2D eigenvalue weighted by Gasteiger charge is 2.33. The summed E-state index contributed by atoms with van der Waals surface area (Å²) < 4.78 is 31.0. The third-order valence-electron chi connectivity index (χ3n) is 3.83. The molecule has 2 rings (SSSR count). The van der Waals surface area contributed by atoms with Gasteiger partial charge in [-0.3, -0.25) is 9.10 Å². The van der Waals surface area contributed by atoms with Crippen LogP contribution in [0.25, 0.3) is 0 Å². The van der Waals surface area contributed by atoms with Gasteiger partial charge in [0.25, 0.3) is 0 Å². The van der Waals surface area contributed by atoms with Gasteiger partial charge in [-0.2, -0.15) is 0 Å². The zero-order valence-electron chi connectivity index (χ0n) is 15.1. The fraction of sp³-hybridized carbons (Fsp3) is 0.278. The number of hydrogen-bond donors (Lipinski definition) is 1. The standard InChI is InChI=1S/C18H20Cl2N2O4S/c1-4-16(18(23)21-13-6-8-14(26-2)9-7-13)22(27(3,24)25)17-11-12(19)5-10-15(17)20/h5-11,16H,4H2,1-3H3,(H,21,23)/t16-/m0/s1. The number of nitrogens with one attached hydrogen (secondary N) is 1. The summed E-state index contributed by atoms with van der Waals surface area (Å²) in [5, 5.41) is 3.22. The van der Waals surface area contributed by atoms with Crippen molar-refractivity contribution < 1.29 is 17.9 Å². The lowest BCUT2D eigenvalue weighted by atomic mass is 10.1. The molecule has 0 radical (unpaired) electrons. The Balaban J connectivity index is 2.39. The monoisotopic (exact) mass is 430 g/mol. The Hall–Kier alpha value is -1.96. The molecule has 1 amide bonds. The predicted octanol–water partition coefficient (Wildman–Crippen LogP) is 4.19. The van der Waals surface area contributed by atoms with Gasteiger partial charge in [-0.25, -0.2) is 8.42 Å². The van der Waals surface area contributed by atoms with E-state index in [2.05, 4.69) is 5.32 Å². The highest BCUT2D eigenvalue weighted by Crippen LogP contribution is 2.33. The number of amides is 1. The Bertz CT molecular complexity index is 917. The first-order valence-corrected chi connectivity index (χ1v) is 10.7. The topological polar surface area (TPSA) is 75.7 Å². The van der Waals surface area contributed by atoms with Crippen molar-refractivity contribution in [2.75, 3.05) is 23.0 Å². The molecule has 0 heterocycles. The van der Waals surface area contributed by atoms with E-state index in [1.807, 2.05) is 0 Å². The maximum Gasteiger partial charge on any atom is 0.248 e. The number of carbonyl (C=O) groups is 1. The van der Waals surface area contributed by atoms with Gasteiger partial charge in [0.2, 0.25) is 15.9 Å². The van der Waals surface area contributed by atoms with Gasteiger partial charge in [0, 0.05) is 10.7 Å². The van der Waals surface area contributed by atoms with E-state index in [0.717, 1.165) is 10.6 Å². The summed E-state index contributed by atoms with van der Waals surface area (Å²) in [6, 6.07) is 10.2. The molecule has 0 aliphatic rings. The van der Waals surface area contributed by atoms with E-state index in [0.29, 0.717) is 16.5 Å². The number of rotatable bonds is 7. The molecule has 0 fully saturated rings. The minimum Gasteiger partial charge on any atom is -0.497 e. The molecular formula is C18H20Cl2N2O4S. The molecule has 1 atom stereocenters. The first kappa shape index (κ1) is 21.3. The summed E-state index contributed by atoms with van der Waals surface area (Å²) in [6.45, 7) is 1.72. The number of ether oxygens (including phenoxy) is 1. The van der Waals surface area contributed by atoms with E-state index in [9.17, 15) is 13.2 Å². The van der Waals surface area contributed by atoms with Crippen molar-refractivity contribution >= 4 is 50.5 Å². The van der Waals surface area contributed by atoms with E-state index in [1.54, 1.807) is 44.4 Å². The second-order valence-electron chi connectivity index (χ2n) is 5.80. The molecule has 6 nitrogen and oxygen atoms in total. The smallest absolute Gasteiger partial charge is 0.248 e. The molecule has 9 heteroatoms. The number of benzene rings is 2. The molecule has 0 aliphatic heterocycles. The highest BCUT2D eigenvalue weighted by molar-refractivity contribution is 7.92. The van der Waals surface area contributed by atoms with Gasteiger partial charge in [-0.05, 0) is 48.9 Å². The fourth-order valence-electron chi connectivity index (χ4n) is 2.59. The maximum atomic E-state index is 12.8. The van der Waals surface area contributed by atoms with E-state index in [1.165, 1.54) is 12.1 Å². The summed E-state index contributed by atoms with van der Waals surface area (Å²) in [7, 11) is -2.27. The number of nitrogens with zero attached hydrogens (tertiary/aromatic N) is 1. The molecule has 0 aliphatic carbocycles. The number of anilines is 2. The van der Waals surface area contributed by atoms with Gasteiger partial charge >= 0.3 is 0 Å². The number of hydrogen-bond acceptors (Lipinski definition) is 4. The fourth-order valence-corrected chi connectivity index (χ4v) is 4.23. The van der Waals surface area contributed by atoms with Crippen LogP contribution in [0.1, 0.15) is 13.3 Å². The van der Waals surface area contributed by atoms with Crippen molar-refractivity contribution in [1.82, 2.24) is 0 Å². The highest BCUT2D eigenvalue weighted by atomic mass is 35.5. The normalized spacial score (nSPS) is 12.3. The summed E-state index contributed by atoms with van der Waals surface area (Å²) in [4.78, 5) is 12.8. The molecular weight excluding hydrogens is 411 g/mol. The van der Waals surface area contributed by atoms with Crippen LogP contribution in [-0.2, 0) is 14.8 Å². The van der Waals surface area contributed by atoms with Crippen molar-refractivity contribution in [1.29, 1.82) is 0 Å². The minimum atomic E-state index is -3.81. The van der Waals surface area contributed by atoms with Crippen LogP contribution in [-0.4, -0.2) is 33.7 Å². The molecule has 2 aromatic rings. The van der Waals surface area contributed by atoms with Crippen LogP contribution >= 0.6 is 23.2 Å². The second-order valence-corrected chi connectivity index (χ2v) is 8.50. The van der Waals surface area contributed by atoms with Gasteiger partial charge in [0.05, 0.1) is 24.1 Å². The van der Waals surface area contributed by atoms with Crippen LogP contribution in [0.4, 0.5) is 11.4 Å². The average molecular weight is 431 g/mol. The van der Waals surface area contributed by atoms with Gasteiger partial charge in [-0.15, -0.1) is 0 Å². The summed E-state index contributed by atoms with van der Waals surface area (Å²) >= 11 is 12.2. The van der Waals surface area contributed by atoms with E-state index >= 15 is 0 Å². The summed E-state index contributed by atoms with van der Waals surface area (Å²) in [5.41, 5.74) is 0.674. The van der Waals surface area contributed by atoms with Crippen molar-refractivity contribution in [3.63, 3.8) is 0 Å². The number of halogens is 2. The van der Waals surface area contributed by atoms with Crippen LogP contribution in [0.3, 0.4) is 0 Å². The molecule has 1 N–H and O–H groups in total. The lowest BCUT2D eigenvalue weighted by molar-refractivity contribution is -0.117. The zero-order valence-corrected chi connectivity index (χ0v) is 17.4. The second kappa shape index (κ2) is 8.82. The quantitative estimate of drug-likeness (QED) is 0.714. The molecule has 0 saturated heterocycles. The van der Waals surface area contributed by atoms with Gasteiger partial charge < -0.3 is 10.1 Å². The van der Waals surface area contributed by atoms with Crippen LogP contribution in [0.2, 0.25) is 10.0 Å². The minimum absolute atomic E-state index is 0.156. The van der Waals surface area contributed by atoms with Crippen molar-refractivity contribution in [3.05, 3.63) is 52.5 Å². The Morgan fingerprint density at radius 1 is 1.19 bits per heavy atom. The van der Waals surface area contributed by atoms with Crippen molar-refractivity contribution in [3.8, 4) is 5.75 Å². The van der Waals surface area contributed by atoms with Crippen LogP contribution in [0.15, 0.2) is 42.5 Å². The average Bonchev–Trinajstić information content (AvgIpc) is 2.61. The third kappa shape index (κ3) is 5.28. The number of sulfonamides is 1. The molecule has 0 bridgehead atoms. The van der Waals surface area contributed by atoms with Gasteiger partial charge in [0.1, 0.15) is 11.8 Å². The van der Waals surface area contributed by atoms with Gasteiger partial charge in [0.15, 0.2) is 0 Å². The molecule has 0 aromatic heterocycles. The molecule has 0 spiro atoms. The Labute approximate surface area is 169 Å². The van der Waals surface area contributed by atoms with Crippen molar-refractivity contribution in [2.45, 2.75) is 19.4 Å². The Morgan fingerprint density at radius 2 is 1.81 bits per heavy atom. The predicted molar refractivity (Wildman–Crippen MR) is 109 cm³/mol. The van der Waals surface area contributed by atoms with E-state index in [-0.39, 0.29) is 17.1 Å². The largest absolute Gasteiger partial charge is 0.497 e. The van der Waals surface area contributed by atoms with Crippen molar-refractivity contribution in [2.24, 2.45) is 0 Å². The summed E-state index contributed by atoms with van der Waals surface area (Å²) in [5.74, 6) is 0.160. The van der Waals surface area contributed by atoms with E-state index < -0.39 is 22.0 Å². The lowest BCUT2D eigenvalue weighted by Gasteiger charge is -2.30. The zero-order chi connectivity index (χ0) is 20.2.